The van der Waals surface area contributed by atoms with Crippen LogP contribution in [0.4, 0.5) is 0 Å². The Morgan fingerprint density at radius 2 is 0.453 bits per heavy atom. The fourth-order valence-corrected chi connectivity index (χ4v) is 19.0. The normalized spacial score (nSPS) is 10.8. The molecule has 4 N–H and O–H groups in total. The van der Waals surface area contributed by atoms with Gasteiger partial charge in [0.05, 0.1) is 97.9 Å². The van der Waals surface area contributed by atoms with Crippen LogP contribution in [-0.2, 0) is 91.0 Å². The molecule has 24 aromatic rings. The SMILES string of the molecule is Cc1cc(CN(Cc2ccccn2)Cc2cccc(-n3c4ccccc4c4ccccc43)c2O)c(O)c(-n2c3ccccc3c3ccccc32)c1.[CH2-][N+](Cc1ccccn1)(Cc1cc(C)cc(-n2c3ccccc3c3ccccc32)c1O)Cc1cc(C)cc(-n2c3ccccc3c3ccccc32)c1O.[CH2-]c1ccccc1.[CH2-]c1ccccc1.[CH2-]c1ccccc1.[CH2-]c1ccccc1.[CH2-]c1ccccc1.[CH2-]c1ccccc1.[Hf+4].[Hf]. The maximum absolute atomic E-state index is 12.2. The van der Waals surface area contributed by atoms with Gasteiger partial charge in [-0.15, -0.1) is 79.8 Å². The summed E-state index contributed by atoms with van der Waals surface area (Å²) in [6.07, 6.45) is 3.60. The molecular formula is C134H118Hf2N8O4-2. The van der Waals surface area contributed by atoms with E-state index in [1.807, 2.05) is 285 Å². The molecule has 0 saturated heterocycles. The van der Waals surface area contributed by atoms with Gasteiger partial charge in [-0.25, -0.2) is 0 Å². The number of aromatic hydroxyl groups is 4. The van der Waals surface area contributed by atoms with Crippen molar-refractivity contribution in [3.8, 4) is 45.7 Å². The third kappa shape index (κ3) is 25.7. The number of fused-ring (bicyclic) bond motifs is 12. The second-order valence-corrected chi connectivity index (χ2v) is 36.7. The molecule has 0 radical (unpaired) electrons. The van der Waals surface area contributed by atoms with Gasteiger partial charge in [-0.1, -0.05) is 212 Å². The van der Waals surface area contributed by atoms with Crippen molar-refractivity contribution in [2.75, 3.05) is 0 Å². The third-order valence-corrected chi connectivity index (χ3v) is 25.5. The number of pyridine rings is 2. The van der Waals surface area contributed by atoms with Gasteiger partial charge >= 0.3 is 25.8 Å². The molecule has 0 unspecified atom stereocenters. The van der Waals surface area contributed by atoms with E-state index in [2.05, 4.69) is 272 Å². The van der Waals surface area contributed by atoms with Crippen molar-refractivity contribution >= 4 is 87.2 Å². The Hall–Kier alpha value is -16.5. The first-order valence-corrected chi connectivity index (χ1v) is 48.9. The first-order chi connectivity index (χ1) is 71.2. The summed E-state index contributed by atoms with van der Waals surface area (Å²) < 4.78 is 8.86. The van der Waals surface area contributed by atoms with Crippen molar-refractivity contribution < 1.29 is 76.6 Å². The van der Waals surface area contributed by atoms with Crippen LogP contribution in [0, 0.1) is 69.4 Å². The molecule has 148 heavy (non-hydrogen) atoms. The Morgan fingerprint density at radius 3 is 0.709 bits per heavy atom. The molecule has 12 nitrogen and oxygen atoms in total. The minimum Gasteiger partial charge on any atom is -0.505 e. The zero-order valence-corrected chi connectivity index (χ0v) is 90.9. The number of quaternary nitrogens is 1. The van der Waals surface area contributed by atoms with Gasteiger partial charge in [0.25, 0.3) is 0 Å². The molecule has 0 aliphatic heterocycles. The van der Waals surface area contributed by atoms with Crippen LogP contribution in [0.3, 0.4) is 0 Å². The van der Waals surface area contributed by atoms with Crippen LogP contribution >= 0.6 is 0 Å². The van der Waals surface area contributed by atoms with E-state index in [-0.39, 0.29) is 79.2 Å². The van der Waals surface area contributed by atoms with Gasteiger partial charge in [-0.3, -0.25) is 14.9 Å². The molecule has 728 valence electrons. The van der Waals surface area contributed by atoms with Crippen LogP contribution in [0.25, 0.3) is 110 Å². The summed E-state index contributed by atoms with van der Waals surface area (Å²) in [4.78, 5) is 11.6. The average Bonchev–Trinajstić information content (AvgIpc) is 1.60. The summed E-state index contributed by atoms with van der Waals surface area (Å²) in [6.45, 7) is 31.2. The topological polar surface area (TPSA) is 130 Å². The van der Waals surface area contributed by atoms with E-state index in [0.717, 1.165) is 194 Å². The molecule has 0 fully saturated rings. The molecule has 0 amide bonds. The molecule has 0 aliphatic carbocycles. The number of aryl methyl sites for hydroxylation is 3. The van der Waals surface area contributed by atoms with Crippen molar-refractivity contribution in [2.24, 2.45) is 0 Å². The zero-order valence-electron chi connectivity index (χ0n) is 83.7. The van der Waals surface area contributed by atoms with Crippen molar-refractivity contribution in [2.45, 2.75) is 60.0 Å². The summed E-state index contributed by atoms with van der Waals surface area (Å²) in [7, 11) is 4.84. The molecule has 6 heterocycles. The second kappa shape index (κ2) is 50.4. The number of aromatic nitrogens is 6. The molecule has 0 spiro atoms. The Kier molecular flexibility index (Phi) is 36.0. The van der Waals surface area contributed by atoms with Crippen LogP contribution in [-0.4, -0.2) is 58.0 Å². The van der Waals surface area contributed by atoms with Gasteiger partial charge in [-0.2, -0.15) is 148 Å². The maximum Gasteiger partial charge on any atom is 4.00 e. The summed E-state index contributed by atoms with van der Waals surface area (Å²) in [5.41, 5.74) is 25.7. The summed E-state index contributed by atoms with van der Waals surface area (Å²) in [6, 6.07) is 156. The smallest absolute Gasteiger partial charge is 0.505 e. The van der Waals surface area contributed by atoms with E-state index in [1.165, 1.54) is 0 Å². The monoisotopic (exact) mass is 2260 g/mol. The quantitative estimate of drug-likeness (QED) is 0.0431. The Morgan fingerprint density at radius 1 is 0.230 bits per heavy atom. The van der Waals surface area contributed by atoms with Gasteiger partial charge in [0, 0.05) is 123 Å². The summed E-state index contributed by atoms with van der Waals surface area (Å²) in [5.74, 6) is 0.901. The molecule has 14 heteroatoms. The number of phenols is 4. The molecule has 0 aliphatic rings. The van der Waals surface area contributed by atoms with Crippen molar-refractivity contribution in [1.29, 1.82) is 0 Å². The van der Waals surface area contributed by atoms with Crippen LogP contribution in [0.2, 0.25) is 0 Å². The standard InChI is InChI=1S/C47H40N4O2.C45H36N4O2.6C7H7.2Hf/c1-31-24-33(46(52)44(26-31)49-40-19-8-4-15-36(40)37-16-5-9-20-41(37)49)28-51(3,30-35-14-12-13-23-48-35)29-34-25-32(2)27-45(47(34)53)50-42-21-10-6-17-38(42)39-18-7-11-22-43(39)50;1-30-25-32(45(51)43(26-30)49-40-21-8-4-17-36(40)37-18-5-9-22-41(37)49)28-47(29-33-14-10-11-24-46-33)27-31-13-12-23-42(44(31)50)48-38-19-6-2-15-34(38)35-16-3-7-20-39(35)48;6*1-7-5-3-2-4-6-7;;/h4-27,52-53H,3,28-30H2,1-2H3;2-26,50-51H,27-29H2,1H3;6*2-6H,1H2;;/q;;6*-1;;+4. The average molecular weight is 2260 g/mol. The van der Waals surface area contributed by atoms with Crippen molar-refractivity contribution in [3.05, 3.63) is 612 Å². The fourth-order valence-electron chi connectivity index (χ4n) is 19.0. The van der Waals surface area contributed by atoms with E-state index in [1.54, 1.807) is 12.4 Å². The number of phenolic OH excluding ortho intramolecular Hbond substituents is 4. The molecular weight excluding hydrogens is 2140 g/mol. The number of hydrogen-bond acceptors (Lipinski definition) is 7. The van der Waals surface area contributed by atoms with Gasteiger partial charge in [0.15, 0.2) is 0 Å². The van der Waals surface area contributed by atoms with E-state index in [0.29, 0.717) is 39.3 Å². The molecule has 18 aromatic carbocycles. The Balaban J connectivity index is 0.000000157. The van der Waals surface area contributed by atoms with Gasteiger partial charge < -0.3 is 43.2 Å². The minimum absolute atomic E-state index is 0. The first-order valence-electron chi connectivity index (χ1n) is 48.9. The fraction of sp³-hybridized carbons (Fsp3) is 0.0672. The maximum atomic E-state index is 12.2. The molecule has 6 aromatic heterocycles. The number of rotatable bonds is 16. The van der Waals surface area contributed by atoms with E-state index in [9.17, 15) is 20.4 Å². The van der Waals surface area contributed by atoms with Gasteiger partial charge in [0.1, 0.15) is 23.0 Å². The predicted molar refractivity (Wildman–Crippen MR) is 608 cm³/mol. The minimum atomic E-state index is 0. The number of hydrogen-bond donors (Lipinski definition) is 4. The van der Waals surface area contributed by atoms with Crippen molar-refractivity contribution in [1.82, 2.24) is 33.1 Å². The molecule has 24 rings (SSSR count). The number of benzene rings is 18. The van der Waals surface area contributed by atoms with E-state index < -0.39 is 0 Å². The Labute approximate surface area is 906 Å². The summed E-state index contributed by atoms with van der Waals surface area (Å²) >= 11 is 0. The van der Waals surface area contributed by atoms with Crippen LogP contribution < -0.4 is 0 Å². The van der Waals surface area contributed by atoms with Crippen LogP contribution in [0.5, 0.6) is 23.0 Å². The molecule has 0 bridgehead atoms. The van der Waals surface area contributed by atoms with E-state index >= 15 is 0 Å². The largest absolute Gasteiger partial charge is 4.00 e. The number of nitrogens with zero attached hydrogens (tertiary/aromatic N) is 8. The zero-order chi connectivity index (χ0) is 101. The second-order valence-electron chi connectivity index (χ2n) is 36.7. The van der Waals surface area contributed by atoms with Gasteiger partial charge in [-0.05, 0) is 147 Å². The van der Waals surface area contributed by atoms with Gasteiger partial charge in [0.2, 0.25) is 0 Å². The molecule has 0 atom stereocenters. The first kappa shape index (κ1) is 106. The van der Waals surface area contributed by atoms with E-state index in [4.69, 9.17) is 12.0 Å². The van der Waals surface area contributed by atoms with Crippen LogP contribution in [0.15, 0.2) is 480 Å². The Bertz CT molecular complexity index is 7800. The third-order valence-electron chi connectivity index (χ3n) is 25.5. The van der Waals surface area contributed by atoms with Crippen molar-refractivity contribution in [3.63, 3.8) is 0 Å². The summed E-state index contributed by atoms with van der Waals surface area (Å²) in [5, 5.41) is 57.7. The predicted octanol–water partition coefficient (Wildman–Crippen LogP) is 32.2. The number of para-hydroxylation sites is 9. The van der Waals surface area contributed by atoms with Crippen LogP contribution in [0.1, 0.15) is 83.7 Å². The molecule has 0 saturated carbocycles.